The summed E-state index contributed by atoms with van der Waals surface area (Å²) in [4.78, 5) is 17.5. The third-order valence-electron chi connectivity index (χ3n) is 6.71. The topological polar surface area (TPSA) is 65.8 Å². The fourth-order valence-corrected chi connectivity index (χ4v) is 4.45. The Morgan fingerprint density at radius 2 is 1.81 bits per heavy atom. The Labute approximate surface area is 183 Å². The smallest absolute Gasteiger partial charge is 0.251 e. The molecular formula is C27H25N3O. The number of carbonyl (C=O) groups is 1. The van der Waals surface area contributed by atoms with E-state index < -0.39 is 0 Å². The highest BCUT2D eigenvalue weighted by atomic mass is 16.1. The van der Waals surface area contributed by atoms with E-state index in [1.807, 2.05) is 6.20 Å². The van der Waals surface area contributed by atoms with E-state index in [9.17, 15) is 4.79 Å². The van der Waals surface area contributed by atoms with E-state index in [0.717, 1.165) is 30.4 Å². The second-order valence-corrected chi connectivity index (χ2v) is 8.85. The molecule has 5 rings (SSSR count). The summed E-state index contributed by atoms with van der Waals surface area (Å²) < 4.78 is 0. The zero-order valence-corrected chi connectivity index (χ0v) is 17.7. The van der Waals surface area contributed by atoms with Crippen molar-refractivity contribution in [1.29, 1.82) is 5.26 Å². The molecule has 0 aliphatic heterocycles. The van der Waals surface area contributed by atoms with Gasteiger partial charge in [-0.1, -0.05) is 24.3 Å². The summed E-state index contributed by atoms with van der Waals surface area (Å²) >= 11 is 0. The van der Waals surface area contributed by atoms with Crippen molar-refractivity contribution in [3.05, 3.63) is 88.7 Å². The number of nitrogens with one attached hydrogen (secondary N) is 1. The lowest BCUT2D eigenvalue weighted by Crippen LogP contribution is -2.50. The predicted molar refractivity (Wildman–Crippen MR) is 121 cm³/mol. The summed E-state index contributed by atoms with van der Waals surface area (Å²) in [5.41, 5.74) is 6.77. The summed E-state index contributed by atoms with van der Waals surface area (Å²) in [5, 5.41) is 12.2. The molecule has 4 heteroatoms. The first-order valence-electron chi connectivity index (χ1n) is 11.0. The van der Waals surface area contributed by atoms with Crippen molar-refractivity contribution in [3.63, 3.8) is 0 Å². The summed E-state index contributed by atoms with van der Waals surface area (Å²) in [7, 11) is 0. The van der Waals surface area contributed by atoms with Crippen molar-refractivity contribution < 1.29 is 4.79 Å². The number of carbonyl (C=O) groups excluding carboxylic acids is 1. The number of nitriles is 1. The zero-order chi connectivity index (χ0) is 21.4. The molecular weight excluding hydrogens is 382 g/mol. The largest absolute Gasteiger partial charge is 0.343 e. The van der Waals surface area contributed by atoms with Crippen molar-refractivity contribution in [2.24, 2.45) is 0 Å². The summed E-state index contributed by atoms with van der Waals surface area (Å²) in [5.74, 6) is 0.567. The molecule has 154 valence electrons. The summed E-state index contributed by atoms with van der Waals surface area (Å²) in [6, 6.07) is 19.7. The molecule has 0 spiro atoms. The Morgan fingerprint density at radius 1 is 1.10 bits per heavy atom. The van der Waals surface area contributed by atoms with Gasteiger partial charge in [0.1, 0.15) is 0 Å². The Kier molecular flexibility index (Phi) is 4.82. The van der Waals surface area contributed by atoms with Crippen LogP contribution in [0, 0.1) is 18.3 Å². The standard InChI is InChI=1S/C27H25N3O/c1-18-15-25(21-7-8-21)29-17-24(18)20-9-11-23(12-10-20)27(13-2-14-27)30-26(31)22-5-3-19(16-28)4-6-22/h3-6,9-12,15,17,21H,2,7-8,13-14H2,1H3,(H,30,31). The van der Waals surface area contributed by atoms with E-state index in [2.05, 4.69) is 53.6 Å². The van der Waals surface area contributed by atoms with Crippen LogP contribution in [0.15, 0.2) is 60.8 Å². The highest BCUT2D eigenvalue weighted by molar-refractivity contribution is 5.95. The van der Waals surface area contributed by atoms with Crippen LogP contribution in [0.2, 0.25) is 0 Å². The van der Waals surface area contributed by atoms with Gasteiger partial charge in [-0.15, -0.1) is 0 Å². The number of hydrogen-bond acceptors (Lipinski definition) is 3. The van der Waals surface area contributed by atoms with Crippen molar-refractivity contribution in [2.45, 2.75) is 50.5 Å². The first kappa shape index (κ1) is 19.5. The van der Waals surface area contributed by atoms with E-state index in [0.29, 0.717) is 17.0 Å². The maximum atomic E-state index is 12.8. The van der Waals surface area contributed by atoms with Crippen LogP contribution in [0.1, 0.15) is 70.8 Å². The first-order valence-corrected chi connectivity index (χ1v) is 11.0. The second-order valence-electron chi connectivity index (χ2n) is 8.85. The molecule has 2 aliphatic rings. The van der Waals surface area contributed by atoms with Crippen molar-refractivity contribution in [1.82, 2.24) is 10.3 Å². The van der Waals surface area contributed by atoms with Crippen LogP contribution in [-0.2, 0) is 5.54 Å². The average molecular weight is 408 g/mol. The number of benzene rings is 2. The third-order valence-corrected chi connectivity index (χ3v) is 6.71. The molecule has 2 fully saturated rings. The van der Waals surface area contributed by atoms with E-state index in [-0.39, 0.29) is 11.4 Å². The van der Waals surface area contributed by atoms with Gasteiger partial charge in [0.15, 0.2) is 0 Å². The van der Waals surface area contributed by atoms with Crippen molar-refractivity contribution in [2.75, 3.05) is 0 Å². The third kappa shape index (κ3) is 3.72. The molecule has 3 aromatic rings. The molecule has 4 nitrogen and oxygen atoms in total. The van der Waals surface area contributed by atoms with Gasteiger partial charge in [0.05, 0.1) is 17.2 Å². The molecule has 2 aromatic carbocycles. The maximum Gasteiger partial charge on any atom is 0.251 e. The molecule has 31 heavy (non-hydrogen) atoms. The Bertz CT molecular complexity index is 1160. The molecule has 0 bridgehead atoms. The molecule has 1 heterocycles. The number of hydrogen-bond donors (Lipinski definition) is 1. The number of rotatable bonds is 5. The van der Waals surface area contributed by atoms with Crippen molar-refractivity contribution >= 4 is 5.91 Å². The molecule has 0 radical (unpaired) electrons. The van der Waals surface area contributed by atoms with Crippen LogP contribution in [0.3, 0.4) is 0 Å². The van der Waals surface area contributed by atoms with Crippen LogP contribution in [0.25, 0.3) is 11.1 Å². The number of nitrogens with zero attached hydrogens (tertiary/aromatic N) is 2. The minimum atomic E-state index is -0.313. The molecule has 0 atom stereocenters. The lowest BCUT2D eigenvalue weighted by molar-refractivity contribution is 0.0823. The number of pyridine rings is 1. The van der Waals surface area contributed by atoms with Crippen molar-refractivity contribution in [3.8, 4) is 17.2 Å². The molecule has 2 aliphatic carbocycles. The quantitative estimate of drug-likeness (QED) is 0.597. The molecule has 0 unspecified atom stereocenters. The minimum Gasteiger partial charge on any atom is -0.343 e. The molecule has 0 saturated heterocycles. The van der Waals surface area contributed by atoms with Gasteiger partial charge in [-0.3, -0.25) is 9.78 Å². The van der Waals surface area contributed by atoms with Gasteiger partial charge in [0.25, 0.3) is 5.91 Å². The van der Waals surface area contributed by atoms with E-state index in [1.54, 1.807) is 24.3 Å². The summed E-state index contributed by atoms with van der Waals surface area (Å²) in [6.45, 7) is 2.15. The predicted octanol–water partition coefficient (Wildman–Crippen LogP) is 5.62. The maximum absolute atomic E-state index is 12.8. The van der Waals surface area contributed by atoms with Gasteiger partial charge >= 0.3 is 0 Å². The SMILES string of the molecule is Cc1cc(C2CC2)ncc1-c1ccc(C2(NC(=O)c3ccc(C#N)cc3)CCC2)cc1. The Balaban J connectivity index is 1.36. The van der Waals surface area contributed by atoms with Crippen LogP contribution >= 0.6 is 0 Å². The monoisotopic (exact) mass is 407 g/mol. The zero-order valence-electron chi connectivity index (χ0n) is 17.7. The highest BCUT2D eigenvalue weighted by Gasteiger charge is 2.40. The second kappa shape index (κ2) is 7.67. The number of aryl methyl sites for hydroxylation is 1. The fraction of sp³-hybridized carbons (Fsp3) is 0.296. The lowest BCUT2D eigenvalue weighted by atomic mass is 9.71. The molecule has 1 aromatic heterocycles. The van der Waals surface area contributed by atoms with E-state index in [4.69, 9.17) is 5.26 Å². The molecule has 1 amide bonds. The molecule has 2 saturated carbocycles. The van der Waals surface area contributed by atoms with E-state index in [1.165, 1.54) is 29.7 Å². The van der Waals surface area contributed by atoms with Gasteiger partial charge in [-0.2, -0.15) is 5.26 Å². The average Bonchev–Trinajstić information content (AvgIpc) is 3.62. The summed E-state index contributed by atoms with van der Waals surface area (Å²) in [6.07, 6.45) is 7.49. The minimum absolute atomic E-state index is 0.0935. The van der Waals surface area contributed by atoms with Crippen LogP contribution in [-0.4, -0.2) is 10.9 Å². The van der Waals surface area contributed by atoms with Gasteiger partial charge in [-0.05, 0) is 86.1 Å². The Hall–Kier alpha value is -3.45. The first-order chi connectivity index (χ1) is 15.1. The molecule has 1 N–H and O–H groups in total. The Morgan fingerprint density at radius 3 is 2.35 bits per heavy atom. The van der Waals surface area contributed by atoms with Gasteiger partial charge in [-0.25, -0.2) is 0 Å². The van der Waals surface area contributed by atoms with Gasteiger partial charge < -0.3 is 5.32 Å². The lowest BCUT2D eigenvalue weighted by Gasteiger charge is -2.43. The number of amides is 1. The van der Waals surface area contributed by atoms with Gasteiger partial charge in [0, 0.05) is 28.9 Å². The van der Waals surface area contributed by atoms with Crippen LogP contribution < -0.4 is 5.32 Å². The van der Waals surface area contributed by atoms with Gasteiger partial charge in [0.2, 0.25) is 0 Å². The highest BCUT2D eigenvalue weighted by Crippen LogP contribution is 2.43. The fourth-order valence-electron chi connectivity index (χ4n) is 4.45. The van der Waals surface area contributed by atoms with Crippen LogP contribution in [0.5, 0.6) is 0 Å². The normalized spacial score (nSPS) is 16.8. The van der Waals surface area contributed by atoms with Crippen LogP contribution in [0.4, 0.5) is 0 Å². The number of aromatic nitrogens is 1. The van der Waals surface area contributed by atoms with E-state index >= 15 is 0 Å².